The van der Waals surface area contributed by atoms with Crippen LogP contribution in [0.2, 0.25) is 0 Å². The van der Waals surface area contributed by atoms with E-state index >= 15 is 0 Å². The van der Waals surface area contributed by atoms with Gasteiger partial charge in [-0.2, -0.15) is 0 Å². The molecule has 0 radical (unpaired) electrons. The van der Waals surface area contributed by atoms with Crippen LogP contribution in [0.3, 0.4) is 0 Å². The maximum atomic E-state index is 12.7. The second kappa shape index (κ2) is 6.34. The molecule has 2 heterocycles. The van der Waals surface area contributed by atoms with Crippen molar-refractivity contribution < 1.29 is 14.0 Å². The summed E-state index contributed by atoms with van der Waals surface area (Å²) in [5.74, 6) is -0.709. The molecule has 112 valence electrons. The molecule has 1 aromatic heterocycles. The van der Waals surface area contributed by atoms with Gasteiger partial charge in [-0.1, -0.05) is 35.5 Å². The molecule has 3 rings (SSSR count). The average Bonchev–Trinajstić information content (AvgIpc) is 3.05. The lowest BCUT2D eigenvalue weighted by molar-refractivity contribution is -0.115. The topological polar surface area (TPSA) is 63.6 Å². The molecule has 0 saturated carbocycles. The van der Waals surface area contributed by atoms with E-state index in [2.05, 4.69) is 15.5 Å². The van der Waals surface area contributed by atoms with Crippen LogP contribution in [0, 0.1) is 5.82 Å². The van der Waals surface area contributed by atoms with Crippen molar-refractivity contribution in [2.45, 2.75) is 19.1 Å². The zero-order valence-corrected chi connectivity index (χ0v) is 11.7. The van der Waals surface area contributed by atoms with Crippen LogP contribution in [0.25, 0.3) is 0 Å². The predicted molar refractivity (Wildman–Crippen MR) is 78.4 cm³/mol. The fraction of sp³-hybridized carbons (Fsp3) is 0.188. The Balaban J connectivity index is 1.54. The Morgan fingerprint density at radius 1 is 1.27 bits per heavy atom. The van der Waals surface area contributed by atoms with Crippen molar-refractivity contribution in [3.05, 3.63) is 65.7 Å². The highest BCUT2D eigenvalue weighted by molar-refractivity contribution is 6.39. The lowest BCUT2D eigenvalue weighted by Crippen LogP contribution is -2.30. The summed E-state index contributed by atoms with van der Waals surface area (Å²) in [6, 6.07) is 12.4. The van der Waals surface area contributed by atoms with E-state index in [0.29, 0.717) is 17.8 Å². The minimum absolute atomic E-state index is 0.216. The van der Waals surface area contributed by atoms with E-state index in [0.717, 1.165) is 11.8 Å². The Kier molecular flexibility index (Phi) is 4.09. The van der Waals surface area contributed by atoms with Crippen LogP contribution < -0.4 is 5.32 Å². The zero-order valence-electron chi connectivity index (χ0n) is 11.7. The molecule has 0 bridgehead atoms. The van der Waals surface area contributed by atoms with Gasteiger partial charge in [0.2, 0.25) is 0 Å². The number of benzene rings is 1. The lowest BCUT2D eigenvalue weighted by Gasteiger charge is -2.07. The smallest absolute Gasteiger partial charge is 0.269 e. The number of carbonyl (C=O) groups excluding carboxylic acids is 1. The molecule has 1 aliphatic heterocycles. The van der Waals surface area contributed by atoms with Crippen LogP contribution in [-0.2, 0) is 16.2 Å². The van der Waals surface area contributed by atoms with E-state index in [9.17, 15) is 9.18 Å². The number of hydrogen-bond acceptors (Lipinski definition) is 4. The number of aromatic nitrogens is 1. The molecule has 0 saturated heterocycles. The third kappa shape index (κ3) is 3.28. The van der Waals surface area contributed by atoms with Gasteiger partial charge in [-0.15, -0.1) is 0 Å². The van der Waals surface area contributed by atoms with Crippen molar-refractivity contribution >= 4 is 11.6 Å². The number of carbonyl (C=O) groups is 1. The van der Waals surface area contributed by atoms with E-state index < -0.39 is 5.82 Å². The summed E-state index contributed by atoms with van der Waals surface area (Å²) in [6.45, 7) is 0.216. The quantitative estimate of drug-likeness (QED) is 0.942. The van der Waals surface area contributed by atoms with Gasteiger partial charge in [-0.05, 0) is 17.7 Å². The Labute approximate surface area is 126 Å². The van der Waals surface area contributed by atoms with Gasteiger partial charge >= 0.3 is 0 Å². The molecule has 1 atom stereocenters. The first-order valence-corrected chi connectivity index (χ1v) is 6.88. The molecule has 1 amide bonds. The first-order valence-electron chi connectivity index (χ1n) is 6.88. The van der Waals surface area contributed by atoms with Crippen LogP contribution in [-0.4, -0.2) is 16.6 Å². The highest BCUT2D eigenvalue weighted by Gasteiger charge is 2.27. The normalized spacial score (nSPS) is 16.8. The number of rotatable bonds is 4. The Morgan fingerprint density at radius 2 is 2.09 bits per heavy atom. The summed E-state index contributed by atoms with van der Waals surface area (Å²) in [6.07, 6.45) is 1.31. The molecule has 1 aliphatic rings. The largest absolute Gasteiger partial charge is 0.387 e. The molecule has 2 aromatic rings. The molecule has 6 heteroatoms. The van der Waals surface area contributed by atoms with Gasteiger partial charge in [0.15, 0.2) is 6.10 Å². The van der Waals surface area contributed by atoms with Gasteiger partial charge in [0.1, 0.15) is 11.5 Å². The van der Waals surface area contributed by atoms with Crippen molar-refractivity contribution in [1.29, 1.82) is 0 Å². The van der Waals surface area contributed by atoms with Crippen LogP contribution in [0.4, 0.5) is 4.39 Å². The Morgan fingerprint density at radius 3 is 2.82 bits per heavy atom. The molecule has 0 spiro atoms. The summed E-state index contributed by atoms with van der Waals surface area (Å²) in [4.78, 5) is 21.2. The number of halogens is 1. The third-order valence-electron chi connectivity index (χ3n) is 3.32. The summed E-state index contributed by atoms with van der Waals surface area (Å²) in [5, 5.41) is 6.54. The minimum atomic E-state index is -0.408. The van der Waals surface area contributed by atoms with Gasteiger partial charge < -0.3 is 10.2 Å². The zero-order chi connectivity index (χ0) is 15.4. The maximum Gasteiger partial charge on any atom is 0.269 e. The lowest BCUT2D eigenvalue weighted by atomic mass is 10.0. The highest BCUT2D eigenvalue weighted by atomic mass is 19.1. The first kappa shape index (κ1) is 14.2. The number of nitrogens with one attached hydrogen (secondary N) is 1. The van der Waals surface area contributed by atoms with Gasteiger partial charge in [0.25, 0.3) is 5.91 Å². The summed E-state index contributed by atoms with van der Waals surface area (Å²) >= 11 is 0. The van der Waals surface area contributed by atoms with E-state index in [4.69, 9.17) is 4.84 Å². The highest BCUT2D eigenvalue weighted by Crippen LogP contribution is 2.26. The Bertz CT molecular complexity index is 686. The van der Waals surface area contributed by atoms with E-state index in [1.54, 1.807) is 0 Å². The van der Waals surface area contributed by atoms with E-state index in [1.165, 1.54) is 12.1 Å². The number of amides is 1. The number of pyridine rings is 1. The van der Waals surface area contributed by atoms with Crippen LogP contribution in [0.15, 0.2) is 53.8 Å². The second-order valence-corrected chi connectivity index (χ2v) is 4.90. The van der Waals surface area contributed by atoms with E-state index in [1.807, 2.05) is 30.3 Å². The molecular formula is C16H14FN3O2. The van der Waals surface area contributed by atoms with Crippen molar-refractivity contribution in [2.75, 3.05) is 0 Å². The molecule has 0 fully saturated rings. The summed E-state index contributed by atoms with van der Waals surface area (Å²) in [7, 11) is 0. The fourth-order valence-electron chi connectivity index (χ4n) is 2.14. The molecule has 0 aliphatic carbocycles. The maximum absolute atomic E-state index is 12.7. The van der Waals surface area contributed by atoms with Crippen molar-refractivity contribution in [1.82, 2.24) is 10.3 Å². The van der Waals surface area contributed by atoms with Crippen LogP contribution >= 0.6 is 0 Å². The summed E-state index contributed by atoms with van der Waals surface area (Å²) in [5.41, 5.74) is 1.90. The number of oxime groups is 1. The number of nitrogens with zero attached hydrogens (tertiary/aromatic N) is 2. The van der Waals surface area contributed by atoms with Gasteiger partial charge in [0, 0.05) is 6.42 Å². The van der Waals surface area contributed by atoms with Gasteiger partial charge in [0.05, 0.1) is 18.4 Å². The fourth-order valence-corrected chi connectivity index (χ4v) is 2.14. The third-order valence-corrected chi connectivity index (χ3v) is 3.32. The first-order chi connectivity index (χ1) is 10.7. The predicted octanol–water partition coefficient (Wildman–Crippen LogP) is 2.35. The van der Waals surface area contributed by atoms with Gasteiger partial charge in [-0.3, -0.25) is 9.78 Å². The van der Waals surface area contributed by atoms with Crippen molar-refractivity contribution in [3.63, 3.8) is 0 Å². The monoisotopic (exact) mass is 299 g/mol. The van der Waals surface area contributed by atoms with Crippen LogP contribution in [0.5, 0.6) is 0 Å². The SMILES string of the molecule is O=C(NCc1ccc(F)cn1)C1=NOC(c2ccccc2)C1. The standard InChI is InChI=1S/C16H14FN3O2/c17-12-6-7-13(18-9-12)10-19-16(21)14-8-15(22-20-14)11-4-2-1-3-5-11/h1-7,9,15H,8,10H2,(H,19,21). The van der Waals surface area contributed by atoms with Crippen LogP contribution in [0.1, 0.15) is 23.8 Å². The molecule has 1 unspecified atom stereocenters. The summed E-state index contributed by atoms with van der Waals surface area (Å²) < 4.78 is 12.7. The van der Waals surface area contributed by atoms with E-state index in [-0.39, 0.29) is 18.6 Å². The second-order valence-electron chi connectivity index (χ2n) is 4.90. The van der Waals surface area contributed by atoms with Crippen molar-refractivity contribution in [3.8, 4) is 0 Å². The number of hydrogen-bond donors (Lipinski definition) is 1. The minimum Gasteiger partial charge on any atom is -0.387 e. The molecule has 1 aromatic carbocycles. The average molecular weight is 299 g/mol. The molecule has 22 heavy (non-hydrogen) atoms. The molecule has 5 nitrogen and oxygen atoms in total. The van der Waals surface area contributed by atoms with Crippen molar-refractivity contribution in [2.24, 2.45) is 5.16 Å². The van der Waals surface area contributed by atoms with Gasteiger partial charge in [-0.25, -0.2) is 4.39 Å². The molecule has 1 N–H and O–H groups in total. The Hall–Kier alpha value is -2.76. The molecular weight excluding hydrogens is 285 g/mol.